The molecule has 3 rings (SSSR count). The lowest BCUT2D eigenvalue weighted by Crippen LogP contribution is -2.38. The monoisotopic (exact) mass is 374 g/mol. The van der Waals surface area contributed by atoms with Gasteiger partial charge >= 0.3 is 0 Å². The Balaban J connectivity index is 1.68. The molecule has 1 amide bonds. The Morgan fingerprint density at radius 2 is 1.85 bits per heavy atom. The van der Waals surface area contributed by atoms with Crippen molar-refractivity contribution in [1.29, 1.82) is 0 Å². The number of carbonyl (C=O) groups is 1. The molecule has 26 heavy (non-hydrogen) atoms. The Labute approximate surface area is 157 Å². The number of hydrogen-bond donors (Lipinski definition) is 1. The molecule has 1 aromatic carbocycles. The second-order valence-electron chi connectivity index (χ2n) is 6.71. The van der Waals surface area contributed by atoms with E-state index >= 15 is 0 Å². The van der Waals surface area contributed by atoms with E-state index in [0.717, 1.165) is 25.7 Å². The lowest BCUT2D eigenvalue weighted by Gasteiger charge is -2.29. The zero-order chi connectivity index (χ0) is 18.7. The van der Waals surface area contributed by atoms with Crippen LogP contribution in [0.2, 0.25) is 5.15 Å². The highest BCUT2D eigenvalue weighted by Gasteiger charge is 2.26. The summed E-state index contributed by atoms with van der Waals surface area (Å²) >= 11 is 6.05. The molecular formula is C20H23ClN2O3. The van der Waals surface area contributed by atoms with Crippen LogP contribution >= 0.6 is 11.6 Å². The van der Waals surface area contributed by atoms with E-state index in [2.05, 4.69) is 29.6 Å². The molecule has 2 aromatic rings. The summed E-state index contributed by atoms with van der Waals surface area (Å²) in [6.45, 7) is 0. The molecule has 1 fully saturated rings. The number of hydrogen-bond acceptors (Lipinski definition) is 3. The first-order valence-corrected chi connectivity index (χ1v) is 9.18. The van der Waals surface area contributed by atoms with Gasteiger partial charge in [0, 0.05) is 13.1 Å². The molecule has 6 heteroatoms. The maximum Gasteiger partial charge on any atom is 0.294 e. The van der Waals surface area contributed by atoms with E-state index < -0.39 is 5.56 Å². The third-order valence-electron chi connectivity index (χ3n) is 5.11. The summed E-state index contributed by atoms with van der Waals surface area (Å²) in [6, 6.07) is 12.1. The van der Waals surface area contributed by atoms with Crippen LogP contribution < -0.4 is 15.6 Å². The molecule has 5 nitrogen and oxygen atoms in total. The van der Waals surface area contributed by atoms with Crippen molar-refractivity contribution < 1.29 is 9.53 Å². The quantitative estimate of drug-likeness (QED) is 0.833. The summed E-state index contributed by atoms with van der Waals surface area (Å²) < 4.78 is 6.40. The van der Waals surface area contributed by atoms with Gasteiger partial charge in [-0.15, -0.1) is 0 Å². The summed E-state index contributed by atoms with van der Waals surface area (Å²) in [5.74, 6) is 0.245. The minimum Gasteiger partial charge on any atom is -0.491 e. The van der Waals surface area contributed by atoms with E-state index in [1.54, 1.807) is 7.05 Å². The maximum atomic E-state index is 12.7. The number of pyridine rings is 1. The Morgan fingerprint density at radius 3 is 2.46 bits per heavy atom. The van der Waals surface area contributed by atoms with Gasteiger partial charge in [-0.2, -0.15) is 0 Å². The minimum absolute atomic E-state index is 0.0207. The number of rotatable bonds is 4. The minimum atomic E-state index is -0.419. The van der Waals surface area contributed by atoms with E-state index in [1.165, 1.54) is 23.3 Å². The molecule has 0 aliphatic heterocycles. The van der Waals surface area contributed by atoms with E-state index in [1.807, 2.05) is 6.07 Å². The Hall–Kier alpha value is -2.27. The number of methoxy groups -OCH3 is 1. The number of carbonyl (C=O) groups excluding carboxylic acids is 1. The first kappa shape index (κ1) is 18.5. The normalized spacial score (nSPS) is 19.8. The molecule has 0 radical (unpaired) electrons. The predicted octanol–water partition coefficient (Wildman–Crippen LogP) is 3.50. The fraction of sp³-hybridized carbons (Fsp3) is 0.400. The van der Waals surface area contributed by atoms with Gasteiger partial charge in [0.2, 0.25) is 0 Å². The molecule has 1 aliphatic carbocycles. The van der Waals surface area contributed by atoms with Crippen LogP contribution in [0.1, 0.15) is 47.5 Å². The van der Waals surface area contributed by atoms with Crippen molar-refractivity contribution in [3.8, 4) is 5.75 Å². The zero-order valence-corrected chi connectivity index (χ0v) is 15.8. The molecule has 0 bridgehead atoms. The smallest absolute Gasteiger partial charge is 0.294 e. The van der Waals surface area contributed by atoms with Crippen molar-refractivity contribution in [3.05, 3.63) is 63.0 Å². The van der Waals surface area contributed by atoms with Gasteiger partial charge in [0.1, 0.15) is 5.15 Å². The van der Waals surface area contributed by atoms with E-state index in [-0.39, 0.29) is 28.4 Å². The van der Waals surface area contributed by atoms with Gasteiger partial charge in [0.15, 0.2) is 5.75 Å². The topological polar surface area (TPSA) is 60.3 Å². The van der Waals surface area contributed by atoms with Crippen molar-refractivity contribution in [2.24, 2.45) is 7.05 Å². The lowest BCUT2D eigenvalue weighted by molar-refractivity contribution is 0.0922. The highest BCUT2D eigenvalue weighted by molar-refractivity contribution is 6.30. The highest BCUT2D eigenvalue weighted by Crippen LogP contribution is 2.33. The zero-order valence-electron chi connectivity index (χ0n) is 15.0. The van der Waals surface area contributed by atoms with Gasteiger partial charge < -0.3 is 10.1 Å². The van der Waals surface area contributed by atoms with Gasteiger partial charge in [-0.3, -0.25) is 14.2 Å². The van der Waals surface area contributed by atoms with Crippen LogP contribution in [-0.4, -0.2) is 23.6 Å². The van der Waals surface area contributed by atoms with Crippen LogP contribution in [0, 0.1) is 0 Å². The molecule has 0 spiro atoms. The van der Waals surface area contributed by atoms with Gasteiger partial charge in [-0.1, -0.05) is 41.9 Å². The Bertz CT molecular complexity index is 840. The number of ether oxygens (including phenoxy) is 1. The summed E-state index contributed by atoms with van der Waals surface area (Å²) in [7, 11) is 2.92. The van der Waals surface area contributed by atoms with Crippen molar-refractivity contribution in [1.82, 2.24) is 9.88 Å². The molecule has 1 aromatic heterocycles. The van der Waals surface area contributed by atoms with Crippen LogP contribution in [0.15, 0.2) is 41.2 Å². The number of nitrogens with one attached hydrogen (secondary N) is 1. The van der Waals surface area contributed by atoms with Crippen LogP contribution in [-0.2, 0) is 7.05 Å². The summed E-state index contributed by atoms with van der Waals surface area (Å²) in [4.78, 5) is 24.9. The molecule has 1 heterocycles. The highest BCUT2D eigenvalue weighted by atomic mass is 35.5. The molecule has 1 N–H and O–H groups in total. The van der Waals surface area contributed by atoms with Crippen molar-refractivity contribution in [2.75, 3.05) is 7.11 Å². The number of halogens is 1. The fourth-order valence-electron chi connectivity index (χ4n) is 3.57. The largest absolute Gasteiger partial charge is 0.491 e. The van der Waals surface area contributed by atoms with Gasteiger partial charge in [0.05, 0.1) is 12.7 Å². The van der Waals surface area contributed by atoms with E-state index in [9.17, 15) is 9.59 Å². The average Bonchev–Trinajstić information content (AvgIpc) is 2.67. The molecule has 0 saturated heterocycles. The third-order valence-corrected chi connectivity index (χ3v) is 5.47. The summed E-state index contributed by atoms with van der Waals surface area (Å²) in [5, 5.41) is 3.23. The number of aromatic nitrogens is 1. The van der Waals surface area contributed by atoms with E-state index in [0.29, 0.717) is 5.92 Å². The second kappa shape index (κ2) is 7.96. The van der Waals surface area contributed by atoms with Crippen LogP contribution in [0.3, 0.4) is 0 Å². The van der Waals surface area contributed by atoms with Crippen LogP contribution in [0.25, 0.3) is 0 Å². The Kier molecular flexibility index (Phi) is 5.67. The SMILES string of the molecule is COc1c(C(=O)NC2CCC(c3ccccc3)CC2)cc(Cl)n(C)c1=O. The molecule has 138 valence electrons. The summed E-state index contributed by atoms with van der Waals surface area (Å²) in [6.07, 6.45) is 3.88. The Morgan fingerprint density at radius 1 is 1.19 bits per heavy atom. The van der Waals surface area contributed by atoms with Crippen molar-refractivity contribution in [3.63, 3.8) is 0 Å². The van der Waals surface area contributed by atoms with E-state index in [4.69, 9.17) is 16.3 Å². The number of amides is 1. The van der Waals surface area contributed by atoms with Crippen LogP contribution in [0.4, 0.5) is 0 Å². The first-order chi connectivity index (χ1) is 12.5. The summed E-state index contributed by atoms with van der Waals surface area (Å²) in [5.41, 5.74) is 1.13. The maximum absolute atomic E-state index is 12.7. The van der Waals surface area contributed by atoms with Gasteiger partial charge in [-0.05, 0) is 43.2 Å². The van der Waals surface area contributed by atoms with Gasteiger partial charge in [-0.25, -0.2) is 0 Å². The standard InChI is InChI=1S/C20H23ClN2O3/c1-23-17(21)12-16(18(26-2)20(23)25)19(24)22-15-10-8-14(9-11-15)13-6-4-3-5-7-13/h3-7,12,14-15H,8-11H2,1-2H3,(H,22,24). The lowest BCUT2D eigenvalue weighted by atomic mass is 9.82. The van der Waals surface area contributed by atoms with Crippen molar-refractivity contribution in [2.45, 2.75) is 37.6 Å². The predicted molar refractivity (Wildman–Crippen MR) is 102 cm³/mol. The molecule has 0 atom stereocenters. The molecule has 1 aliphatic rings. The average molecular weight is 375 g/mol. The van der Waals surface area contributed by atoms with Crippen molar-refractivity contribution >= 4 is 17.5 Å². The first-order valence-electron chi connectivity index (χ1n) is 8.80. The fourth-order valence-corrected chi connectivity index (χ4v) is 3.76. The van der Waals surface area contributed by atoms with Crippen LogP contribution in [0.5, 0.6) is 5.75 Å². The number of nitrogens with zero attached hydrogens (tertiary/aromatic N) is 1. The third kappa shape index (κ3) is 3.78. The molecular weight excluding hydrogens is 352 g/mol. The molecule has 1 saturated carbocycles. The molecule has 0 unspecified atom stereocenters. The second-order valence-corrected chi connectivity index (χ2v) is 7.10. The number of benzene rings is 1. The van der Waals surface area contributed by atoms with Gasteiger partial charge in [0.25, 0.3) is 11.5 Å².